The highest BCUT2D eigenvalue weighted by molar-refractivity contribution is 5.38. The van der Waals surface area contributed by atoms with Crippen molar-refractivity contribution in [1.82, 2.24) is 5.32 Å². The molecule has 2 aliphatic rings. The normalized spacial score (nSPS) is 23.9. The molecule has 1 aromatic carbocycles. The molecule has 1 aliphatic heterocycles. The van der Waals surface area contributed by atoms with Gasteiger partial charge in [-0.3, -0.25) is 0 Å². The summed E-state index contributed by atoms with van der Waals surface area (Å²) in [6.07, 6.45) is 4.74. The summed E-state index contributed by atoms with van der Waals surface area (Å²) in [5.41, 5.74) is 1.04. The van der Waals surface area contributed by atoms with Crippen LogP contribution >= 0.6 is 0 Å². The van der Waals surface area contributed by atoms with Crippen LogP contribution in [0.15, 0.2) is 18.2 Å². The van der Waals surface area contributed by atoms with Gasteiger partial charge in [0.15, 0.2) is 11.6 Å². The van der Waals surface area contributed by atoms with Crippen LogP contribution in [0.25, 0.3) is 0 Å². The average molecular weight is 249 g/mol. The van der Waals surface area contributed by atoms with Crippen molar-refractivity contribution in [3.05, 3.63) is 29.6 Å². The number of piperidine rings is 1. The summed E-state index contributed by atoms with van der Waals surface area (Å²) in [6, 6.07) is 5.31. The maximum absolute atomic E-state index is 13.9. The minimum Gasteiger partial charge on any atom is -0.490 e. The second kappa shape index (κ2) is 5.27. The molecule has 0 amide bonds. The van der Waals surface area contributed by atoms with E-state index >= 15 is 0 Å². The van der Waals surface area contributed by atoms with Crippen LogP contribution in [-0.2, 0) is 0 Å². The molecule has 2 fully saturated rings. The van der Waals surface area contributed by atoms with Gasteiger partial charge in [0, 0.05) is 18.0 Å². The number of hydrogen-bond donors (Lipinski definition) is 1. The molecule has 1 unspecified atom stereocenters. The first-order valence-electron chi connectivity index (χ1n) is 6.96. The third-order valence-corrected chi connectivity index (χ3v) is 3.89. The molecule has 1 aliphatic carbocycles. The molecular formula is C15H20FNO. The highest BCUT2D eigenvalue weighted by Gasteiger charge is 2.25. The van der Waals surface area contributed by atoms with E-state index < -0.39 is 0 Å². The molecule has 1 atom stereocenters. The Balaban J connectivity index is 1.79. The van der Waals surface area contributed by atoms with Crippen LogP contribution in [0.2, 0.25) is 0 Å². The minimum atomic E-state index is -0.210. The lowest BCUT2D eigenvalue weighted by molar-refractivity contribution is 0.278. The van der Waals surface area contributed by atoms with Gasteiger partial charge in [-0.25, -0.2) is 4.39 Å². The molecule has 98 valence electrons. The van der Waals surface area contributed by atoms with Gasteiger partial charge in [0.2, 0.25) is 0 Å². The highest BCUT2D eigenvalue weighted by Crippen LogP contribution is 2.35. The SMILES string of the molecule is Fc1cccc(C2CCCNC2)c1OCC1CC1. The lowest BCUT2D eigenvalue weighted by Crippen LogP contribution is -2.28. The monoisotopic (exact) mass is 249 g/mol. The van der Waals surface area contributed by atoms with Crippen molar-refractivity contribution in [3.8, 4) is 5.75 Å². The fourth-order valence-corrected chi connectivity index (χ4v) is 2.60. The third kappa shape index (κ3) is 2.66. The van der Waals surface area contributed by atoms with Gasteiger partial charge in [0.05, 0.1) is 6.61 Å². The van der Waals surface area contributed by atoms with Gasteiger partial charge in [-0.2, -0.15) is 0 Å². The Morgan fingerprint density at radius 1 is 1.28 bits per heavy atom. The van der Waals surface area contributed by atoms with E-state index in [-0.39, 0.29) is 5.82 Å². The lowest BCUT2D eigenvalue weighted by Gasteiger charge is -2.25. The van der Waals surface area contributed by atoms with Crippen LogP contribution in [0.3, 0.4) is 0 Å². The van der Waals surface area contributed by atoms with Crippen LogP contribution in [0, 0.1) is 11.7 Å². The highest BCUT2D eigenvalue weighted by atomic mass is 19.1. The van der Waals surface area contributed by atoms with Gasteiger partial charge < -0.3 is 10.1 Å². The molecule has 1 saturated heterocycles. The summed E-state index contributed by atoms with van der Waals surface area (Å²) in [5.74, 6) is 1.34. The summed E-state index contributed by atoms with van der Waals surface area (Å²) in [7, 11) is 0. The van der Waals surface area contributed by atoms with Crippen molar-refractivity contribution in [1.29, 1.82) is 0 Å². The van der Waals surface area contributed by atoms with Crippen molar-refractivity contribution in [2.75, 3.05) is 19.7 Å². The zero-order valence-corrected chi connectivity index (χ0v) is 10.6. The van der Waals surface area contributed by atoms with E-state index in [1.54, 1.807) is 6.07 Å². The molecule has 3 heteroatoms. The first-order valence-corrected chi connectivity index (χ1v) is 6.96. The Bertz CT molecular complexity index is 411. The zero-order valence-electron chi connectivity index (χ0n) is 10.6. The Morgan fingerprint density at radius 2 is 2.17 bits per heavy atom. The molecule has 3 rings (SSSR count). The van der Waals surface area contributed by atoms with E-state index in [9.17, 15) is 4.39 Å². The van der Waals surface area contributed by atoms with E-state index in [1.807, 2.05) is 6.07 Å². The lowest BCUT2D eigenvalue weighted by atomic mass is 9.91. The number of nitrogens with one attached hydrogen (secondary N) is 1. The average Bonchev–Trinajstić information content (AvgIpc) is 3.22. The van der Waals surface area contributed by atoms with E-state index in [1.165, 1.54) is 18.9 Å². The number of ether oxygens (including phenoxy) is 1. The Morgan fingerprint density at radius 3 is 2.89 bits per heavy atom. The van der Waals surface area contributed by atoms with Crippen LogP contribution in [0.1, 0.15) is 37.2 Å². The molecular weight excluding hydrogens is 229 g/mol. The molecule has 1 aromatic rings. The molecule has 0 spiro atoms. The molecule has 0 aromatic heterocycles. The molecule has 0 radical (unpaired) electrons. The standard InChI is InChI=1S/C15H20FNO/c16-14-5-1-4-13(12-3-2-8-17-9-12)15(14)18-10-11-6-7-11/h1,4-5,11-12,17H,2-3,6-10H2. The smallest absolute Gasteiger partial charge is 0.165 e. The number of hydrogen-bond acceptors (Lipinski definition) is 2. The molecule has 1 saturated carbocycles. The molecule has 0 bridgehead atoms. The summed E-state index contributed by atoms with van der Waals surface area (Å²) in [4.78, 5) is 0. The number of para-hydroxylation sites is 1. The van der Waals surface area contributed by atoms with E-state index in [4.69, 9.17) is 4.74 Å². The fourth-order valence-electron chi connectivity index (χ4n) is 2.60. The maximum atomic E-state index is 13.9. The predicted molar refractivity (Wildman–Crippen MR) is 69.5 cm³/mol. The Hall–Kier alpha value is -1.09. The summed E-state index contributed by atoms with van der Waals surface area (Å²) < 4.78 is 19.7. The van der Waals surface area contributed by atoms with Crippen LogP contribution in [-0.4, -0.2) is 19.7 Å². The van der Waals surface area contributed by atoms with Gasteiger partial charge in [0.25, 0.3) is 0 Å². The van der Waals surface area contributed by atoms with Gasteiger partial charge in [-0.1, -0.05) is 12.1 Å². The van der Waals surface area contributed by atoms with Crippen LogP contribution < -0.4 is 10.1 Å². The quantitative estimate of drug-likeness (QED) is 0.885. The Kier molecular flexibility index (Phi) is 3.50. The van der Waals surface area contributed by atoms with E-state index in [0.29, 0.717) is 24.2 Å². The van der Waals surface area contributed by atoms with Gasteiger partial charge in [0.1, 0.15) is 0 Å². The first-order chi connectivity index (χ1) is 8.84. The second-order valence-corrected chi connectivity index (χ2v) is 5.46. The van der Waals surface area contributed by atoms with Crippen LogP contribution in [0.5, 0.6) is 5.75 Å². The van der Waals surface area contributed by atoms with Gasteiger partial charge in [-0.05, 0) is 44.2 Å². The van der Waals surface area contributed by atoms with Crippen molar-refractivity contribution in [3.63, 3.8) is 0 Å². The number of halogens is 1. The third-order valence-electron chi connectivity index (χ3n) is 3.89. The summed E-state index contributed by atoms with van der Waals surface area (Å²) in [5, 5.41) is 3.38. The molecule has 1 N–H and O–H groups in total. The van der Waals surface area contributed by atoms with Gasteiger partial charge >= 0.3 is 0 Å². The van der Waals surface area contributed by atoms with Crippen molar-refractivity contribution in [2.24, 2.45) is 5.92 Å². The summed E-state index contributed by atoms with van der Waals surface area (Å²) in [6.45, 7) is 2.68. The minimum absolute atomic E-state index is 0.210. The van der Waals surface area contributed by atoms with Gasteiger partial charge in [-0.15, -0.1) is 0 Å². The molecule has 18 heavy (non-hydrogen) atoms. The topological polar surface area (TPSA) is 21.3 Å². The van der Waals surface area contributed by atoms with E-state index in [0.717, 1.165) is 31.5 Å². The van der Waals surface area contributed by atoms with Crippen molar-refractivity contribution in [2.45, 2.75) is 31.6 Å². The number of rotatable bonds is 4. The number of benzene rings is 1. The second-order valence-electron chi connectivity index (χ2n) is 5.46. The molecule has 1 heterocycles. The Labute approximate surface area is 108 Å². The largest absolute Gasteiger partial charge is 0.490 e. The van der Waals surface area contributed by atoms with E-state index in [2.05, 4.69) is 5.32 Å². The zero-order chi connectivity index (χ0) is 12.4. The van der Waals surface area contributed by atoms with Crippen molar-refractivity contribution < 1.29 is 9.13 Å². The predicted octanol–water partition coefficient (Wildman–Crippen LogP) is 3.08. The fraction of sp³-hybridized carbons (Fsp3) is 0.600. The summed E-state index contributed by atoms with van der Waals surface area (Å²) >= 11 is 0. The first kappa shape index (κ1) is 12.0. The van der Waals surface area contributed by atoms with Crippen molar-refractivity contribution >= 4 is 0 Å². The van der Waals surface area contributed by atoms with Crippen LogP contribution in [0.4, 0.5) is 4.39 Å². The maximum Gasteiger partial charge on any atom is 0.165 e. The molecule has 2 nitrogen and oxygen atoms in total.